The van der Waals surface area contributed by atoms with Crippen molar-refractivity contribution in [2.75, 3.05) is 0 Å². The molecule has 0 aliphatic carbocycles. The van der Waals surface area contributed by atoms with Gasteiger partial charge in [-0.2, -0.15) is 13.2 Å². The van der Waals surface area contributed by atoms with Gasteiger partial charge in [0.2, 0.25) is 0 Å². The summed E-state index contributed by atoms with van der Waals surface area (Å²) in [5.41, 5.74) is -0.411. The molecule has 0 aromatic heterocycles. The van der Waals surface area contributed by atoms with Crippen molar-refractivity contribution in [1.29, 1.82) is 0 Å². The number of para-hydroxylation sites is 1. The summed E-state index contributed by atoms with van der Waals surface area (Å²) in [6.07, 6.45) is -4.50. The molecular formula is C15H10BrF3O2. The molecule has 21 heavy (non-hydrogen) atoms. The van der Waals surface area contributed by atoms with E-state index >= 15 is 0 Å². The third kappa shape index (κ3) is 3.64. The van der Waals surface area contributed by atoms with Gasteiger partial charge in [-0.05, 0) is 53.2 Å². The number of hydrogen-bond acceptors (Lipinski definition) is 2. The number of ether oxygens (including phenoxy) is 1. The summed E-state index contributed by atoms with van der Waals surface area (Å²) < 4.78 is 44.4. The highest BCUT2D eigenvalue weighted by atomic mass is 79.9. The molecule has 110 valence electrons. The van der Waals surface area contributed by atoms with Gasteiger partial charge in [0.15, 0.2) is 5.78 Å². The van der Waals surface area contributed by atoms with Gasteiger partial charge in [-0.15, -0.1) is 0 Å². The van der Waals surface area contributed by atoms with E-state index in [9.17, 15) is 18.0 Å². The van der Waals surface area contributed by atoms with E-state index in [4.69, 9.17) is 4.74 Å². The van der Waals surface area contributed by atoms with Gasteiger partial charge < -0.3 is 4.74 Å². The summed E-state index contributed by atoms with van der Waals surface area (Å²) in [7, 11) is 0. The Bertz CT molecular complexity index is 681. The highest BCUT2D eigenvalue weighted by Crippen LogP contribution is 2.39. The van der Waals surface area contributed by atoms with Crippen LogP contribution >= 0.6 is 15.9 Å². The molecule has 0 N–H and O–H groups in total. The molecule has 2 aromatic carbocycles. The van der Waals surface area contributed by atoms with Crippen LogP contribution in [0.1, 0.15) is 22.8 Å². The van der Waals surface area contributed by atoms with Crippen LogP contribution in [0.15, 0.2) is 46.9 Å². The van der Waals surface area contributed by atoms with Crippen LogP contribution in [0, 0.1) is 0 Å². The molecule has 0 saturated heterocycles. The molecule has 2 rings (SSSR count). The first-order chi connectivity index (χ1) is 9.79. The van der Waals surface area contributed by atoms with Crippen LogP contribution in [0.25, 0.3) is 0 Å². The second kappa shape index (κ2) is 5.89. The molecule has 0 heterocycles. The first kappa shape index (κ1) is 15.6. The summed E-state index contributed by atoms with van der Waals surface area (Å²) in [6, 6.07) is 9.41. The van der Waals surface area contributed by atoms with Gasteiger partial charge in [-0.3, -0.25) is 4.79 Å². The normalized spacial score (nSPS) is 11.3. The number of carbonyl (C=O) groups is 1. The third-order valence-electron chi connectivity index (χ3n) is 2.75. The van der Waals surface area contributed by atoms with E-state index in [1.165, 1.54) is 43.3 Å². The molecule has 0 aliphatic heterocycles. The van der Waals surface area contributed by atoms with Crippen molar-refractivity contribution in [2.45, 2.75) is 13.1 Å². The van der Waals surface area contributed by atoms with E-state index < -0.39 is 11.7 Å². The molecule has 0 aliphatic rings. The number of carbonyl (C=O) groups excluding carboxylic acids is 1. The Morgan fingerprint density at radius 3 is 2.33 bits per heavy atom. The fraction of sp³-hybridized carbons (Fsp3) is 0.133. The lowest BCUT2D eigenvalue weighted by atomic mass is 10.1. The van der Waals surface area contributed by atoms with Gasteiger partial charge in [0.1, 0.15) is 11.5 Å². The lowest BCUT2D eigenvalue weighted by Crippen LogP contribution is -2.07. The van der Waals surface area contributed by atoms with Crippen molar-refractivity contribution in [3.8, 4) is 11.5 Å². The van der Waals surface area contributed by atoms with Crippen LogP contribution in [-0.2, 0) is 6.18 Å². The largest absolute Gasteiger partial charge is 0.456 e. The van der Waals surface area contributed by atoms with Crippen LogP contribution in [-0.4, -0.2) is 5.78 Å². The van der Waals surface area contributed by atoms with Gasteiger partial charge in [0.25, 0.3) is 0 Å². The number of Topliss-reactive ketones (excluding diaryl/α,β-unsaturated/α-hetero) is 1. The number of ketones is 1. The molecule has 0 amide bonds. The minimum Gasteiger partial charge on any atom is -0.456 e. The minimum absolute atomic E-state index is 0.141. The molecule has 2 aromatic rings. The summed E-state index contributed by atoms with van der Waals surface area (Å²) in [5.74, 6) is -0.226. The van der Waals surface area contributed by atoms with Crippen molar-refractivity contribution in [1.82, 2.24) is 0 Å². The molecule has 2 nitrogen and oxygen atoms in total. The predicted molar refractivity (Wildman–Crippen MR) is 75.7 cm³/mol. The Labute approximate surface area is 127 Å². The van der Waals surface area contributed by atoms with Crippen LogP contribution in [0.2, 0.25) is 0 Å². The molecule has 6 heteroatoms. The van der Waals surface area contributed by atoms with Crippen LogP contribution in [0.5, 0.6) is 11.5 Å². The Morgan fingerprint density at radius 2 is 1.76 bits per heavy atom. The average Bonchev–Trinajstić information content (AvgIpc) is 2.40. The third-order valence-corrected chi connectivity index (χ3v) is 3.37. The van der Waals surface area contributed by atoms with Crippen molar-refractivity contribution < 1.29 is 22.7 Å². The molecule has 0 saturated carbocycles. The first-order valence-electron chi connectivity index (χ1n) is 5.93. The van der Waals surface area contributed by atoms with Gasteiger partial charge >= 0.3 is 6.18 Å². The molecule has 0 fully saturated rings. The maximum absolute atomic E-state index is 12.9. The number of alkyl halides is 3. The van der Waals surface area contributed by atoms with E-state index in [2.05, 4.69) is 15.9 Å². The minimum atomic E-state index is -4.50. The summed E-state index contributed by atoms with van der Waals surface area (Å²) >= 11 is 3.19. The van der Waals surface area contributed by atoms with E-state index in [1.54, 1.807) is 0 Å². The van der Waals surface area contributed by atoms with E-state index in [0.29, 0.717) is 10.0 Å². The molecule has 0 atom stereocenters. The first-order valence-corrected chi connectivity index (χ1v) is 6.73. The second-order valence-corrected chi connectivity index (χ2v) is 5.15. The zero-order valence-electron chi connectivity index (χ0n) is 10.9. The number of rotatable bonds is 3. The van der Waals surface area contributed by atoms with Crippen LogP contribution in [0.3, 0.4) is 0 Å². The molecule has 0 bridgehead atoms. The number of halogens is 4. The van der Waals surface area contributed by atoms with Crippen LogP contribution in [0.4, 0.5) is 13.2 Å². The monoisotopic (exact) mass is 358 g/mol. The van der Waals surface area contributed by atoms with Crippen LogP contribution < -0.4 is 4.74 Å². The van der Waals surface area contributed by atoms with Gasteiger partial charge in [0.05, 0.1) is 10.0 Å². The molecule has 0 radical (unpaired) electrons. The molecular weight excluding hydrogens is 349 g/mol. The maximum Gasteiger partial charge on any atom is 0.419 e. The van der Waals surface area contributed by atoms with E-state index in [1.807, 2.05) is 0 Å². The predicted octanol–water partition coefficient (Wildman–Crippen LogP) is 5.46. The SMILES string of the molecule is CC(=O)c1ccc(Oc2ccccc2C(F)(F)F)c(Br)c1. The Morgan fingerprint density at radius 1 is 1.10 bits per heavy atom. The molecule has 0 spiro atoms. The van der Waals surface area contributed by atoms with Crippen molar-refractivity contribution in [3.05, 3.63) is 58.1 Å². The zero-order valence-corrected chi connectivity index (χ0v) is 12.5. The van der Waals surface area contributed by atoms with Crippen molar-refractivity contribution in [3.63, 3.8) is 0 Å². The highest BCUT2D eigenvalue weighted by molar-refractivity contribution is 9.10. The fourth-order valence-electron chi connectivity index (χ4n) is 1.71. The number of hydrogen-bond donors (Lipinski definition) is 0. The standard InChI is InChI=1S/C15H10BrF3O2/c1-9(20)10-6-7-14(12(16)8-10)21-13-5-3-2-4-11(13)15(17,18)19/h2-8H,1H3. The average molecular weight is 359 g/mol. The lowest BCUT2D eigenvalue weighted by Gasteiger charge is -2.14. The van der Waals surface area contributed by atoms with Crippen molar-refractivity contribution in [2.24, 2.45) is 0 Å². The van der Waals surface area contributed by atoms with Gasteiger partial charge in [-0.25, -0.2) is 0 Å². The smallest absolute Gasteiger partial charge is 0.419 e. The van der Waals surface area contributed by atoms with E-state index in [0.717, 1.165) is 6.07 Å². The molecule has 0 unspecified atom stereocenters. The Kier molecular flexibility index (Phi) is 4.37. The quantitative estimate of drug-likeness (QED) is 0.680. The lowest BCUT2D eigenvalue weighted by molar-refractivity contribution is -0.138. The van der Waals surface area contributed by atoms with Crippen molar-refractivity contribution >= 4 is 21.7 Å². The van der Waals surface area contributed by atoms with Gasteiger partial charge in [-0.1, -0.05) is 12.1 Å². The summed E-state index contributed by atoms with van der Waals surface area (Å²) in [6.45, 7) is 1.40. The Hall–Kier alpha value is -1.82. The second-order valence-electron chi connectivity index (χ2n) is 4.30. The number of benzene rings is 2. The zero-order chi connectivity index (χ0) is 15.6. The summed E-state index contributed by atoms with van der Waals surface area (Å²) in [4.78, 5) is 11.2. The van der Waals surface area contributed by atoms with E-state index in [-0.39, 0.29) is 17.3 Å². The van der Waals surface area contributed by atoms with Gasteiger partial charge in [0, 0.05) is 5.56 Å². The Balaban J connectivity index is 2.38. The highest BCUT2D eigenvalue weighted by Gasteiger charge is 2.34. The fourth-order valence-corrected chi connectivity index (χ4v) is 2.17. The maximum atomic E-state index is 12.9. The summed E-state index contributed by atoms with van der Waals surface area (Å²) in [5, 5.41) is 0. The topological polar surface area (TPSA) is 26.3 Å².